The monoisotopic (exact) mass is 267 g/mol. The molecule has 0 N–H and O–H groups in total. The van der Waals surface area contributed by atoms with Crippen LogP contribution >= 0.6 is 15.9 Å². The summed E-state index contributed by atoms with van der Waals surface area (Å²) in [6, 6.07) is 0. The molecule has 0 aromatic carbocycles. The highest BCUT2D eigenvalue weighted by Crippen LogP contribution is 1.93. The van der Waals surface area contributed by atoms with Gasteiger partial charge in [-0.15, -0.1) is 0 Å². The SMILES string of the molecule is CCN(CCBr)C(=O)COCCOC. The first-order valence-corrected chi connectivity index (χ1v) is 5.78. The lowest BCUT2D eigenvalue weighted by atomic mass is 10.4. The van der Waals surface area contributed by atoms with Gasteiger partial charge in [0.25, 0.3) is 0 Å². The molecule has 0 saturated carbocycles. The number of halogens is 1. The standard InChI is InChI=1S/C9H18BrNO3/c1-3-11(5-4-10)9(12)8-14-7-6-13-2/h3-8H2,1-2H3. The van der Waals surface area contributed by atoms with Gasteiger partial charge in [-0.2, -0.15) is 0 Å². The van der Waals surface area contributed by atoms with Crippen LogP contribution < -0.4 is 0 Å². The molecule has 0 aromatic heterocycles. The lowest BCUT2D eigenvalue weighted by Gasteiger charge is -2.19. The van der Waals surface area contributed by atoms with E-state index in [-0.39, 0.29) is 12.5 Å². The van der Waals surface area contributed by atoms with Crippen molar-refractivity contribution in [3.8, 4) is 0 Å². The molecule has 0 bridgehead atoms. The zero-order chi connectivity index (χ0) is 10.8. The number of nitrogens with zero attached hydrogens (tertiary/aromatic N) is 1. The number of carbonyl (C=O) groups excluding carboxylic acids is 1. The van der Waals surface area contributed by atoms with Crippen LogP contribution in [0.25, 0.3) is 0 Å². The van der Waals surface area contributed by atoms with Crippen LogP contribution in [0.15, 0.2) is 0 Å². The Morgan fingerprint density at radius 1 is 1.43 bits per heavy atom. The van der Waals surface area contributed by atoms with Gasteiger partial charge in [0.2, 0.25) is 5.91 Å². The molecule has 0 spiro atoms. The summed E-state index contributed by atoms with van der Waals surface area (Å²) in [7, 11) is 1.61. The molecule has 4 nitrogen and oxygen atoms in total. The van der Waals surface area contributed by atoms with E-state index in [2.05, 4.69) is 15.9 Å². The molecule has 0 saturated heterocycles. The number of ether oxygens (including phenoxy) is 2. The van der Waals surface area contributed by atoms with E-state index in [1.807, 2.05) is 6.92 Å². The highest BCUT2D eigenvalue weighted by atomic mass is 79.9. The van der Waals surface area contributed by atoms with Crippen molar-refractivity contribution in [2.45, 2.75) is 6.92 Å². The predicted octanol–water partition coefficient (Wildman–Crippen LogP) is 0.893. The van der Waals surface area contributed by atoms with Crippen molar-refractivity contribution in [3.63, 3.8) is 0 Å². The Balaban J connectivity index is 3.58. The quantitative estimate of drug-likeness (QED) is 0.485. The lowest BCUT2D eigenvalue weighted by Crippen LogP contribution is -2.35. The summed E-state index contributed by atoms with van der Waals surface area (Å²) >= 11 is 3.30. The van der Waals surface area contributed by atoms with Gasteiger partial charge in [-0.05, 0) is 6.92 Å². The first-order chi connectivity index (χ1) is 6.76. The Morgan fingerprint density at radius 3 is 2.64 bits per heavy atom. The van der Waals surface area contributed by atoms with Crippen LogP contribution in [0.1, 0.15) is 6.92 Å². The van der Waals surface area contributed by atoms with Gasteiger partial charge >= 0.3 is 0 Å². The first-order valence-electron chi connectivity index (χ1n) is 4.66. The maximum absolute atomic E-state index is 11.5. The van der Waals surface area contributed by atoms with Crippen molar-refractivity contribution in [2.24, 2.45) is 0 Å². The van der Waals surface area contributed by atoms with Gasteiger partial charge in [-0.25, -0.2) is 0 Å². The summed E-state index contributed by atoms with van der Waals surface area (Å²) in [5.74, 6) is 0.0306. The fraction of sp³-hybridized carbons (Fsp3) is 0.889. The van der Waals surface area contributed by atoms with Crippen LogP contribution in [-0.2, 0) is 14.3 Å². The molecule has 0 aliphatic rings. The molecule has 1 amide bonds. The second kappa shape index (κ2) is 9.43. The number of hydrogen-bond donors (Lipinski definition) is 0. The molecule has 0 radical (unpaired) electrons. The number of amides is 1. The van der Waals surface area contributed by atoms with Crippen molar-refractivity contribution >= 4 is 21.8 Å². The molecule has 0 rings (SSSR count). The molecule has 0 heterocycles. The number of likely N-dealkylation sites (N-methyl/N-ethyl adjacent to an activating group) is 1. The van der Waals surface area contributed by atoms with Gasteiger partial charge in [-0.1, -0.05) is 15.9 Å². The maximum atomic E-state index is 11.5. The first kappa shape index (κ1) is 13.9. The molecule has 0 aliphatic carbocycles. The van der Waals surface area contributed by atoms with Crippen LogP contribution in [0.5, 0.6) is 0 Å². The van der Waals surface area contributed by atoms with E-state index in [4.69, 9.17) is 9.47 Å². The molecule has 0 aromatic rings. The minimum absolute atomic E-state index is 0.0306. The number of carbonyl (C=O) groups is 1. The number of methoxy groups -OCH3 is 1. The molecule has 0 fully saturated rings. The third-order valence-electron chi connectivity index (χ3n) is 1.75. The lowest BCUT2D eigenvalue weighted by molar-refractivity contribution is -0.136. The van der Waals surface area contributed by atoms with E-state index < -0.39 is 0 Å². The van der Waals surface area contributed by atoms with Crippen LogP contribution in [-0.4, -0.2) is 56.2 Å². The van der Waals surface area contributed by atoms with Gasteiger partial charge in [0.15, 0.2) is 0 Å². The Labute approximate surface area is 93.7 Å². The van der Waals surface area contributed by atoms with Gasteiger partial charge in [0.1, 0.15) is 6.61 Å². The Morgan fingerprint density at radius 2 is 2.14 bits per heavy atom. The molecule has 0 atom stereocenters. The van der Waals surface area contributed by atoms with Gasteiger partial charge < -0.3 is 14.4 Å². The molecule has 5 heteroatoms. The summed E-state index contributed by atoms with van der Waals surface area (Å²) in [6.07, 6.45) is 0. The van der Waals surface area contributed by atoms with Gasteiger partial charge in [0, 0.05) is 25.5 Å². The molecular weight excluding hydrogens is 250 g/mol. The molecule has 0 aliphatic heterocycles. The highest BCUT2D eigenvalue weighted by Gasteiger charge is 2.09. The fourth-order valence-corrected chi connectivity index (χ4v) is 1.38. The molecule has 14 heavy (non-hydrogen) atoms. The second-order valence-corrected chi connectivity index (χ2v) is 3.50. The van der Waals surface area contributed by atoms with Crippen LogP contribution in [0.3, 0.4) is 0 Å². The van der Waals surface area contributed by atoms with E-state index in [0.29, 0.717) is 13.2 Å². The van der Waals surface area contributed by atoms with Gasteiger partial charge in [0.05, 0.1) is 13.2 Å². The van der Waals surface area contributed by atoms with Crippen molar-refractivity contribution < 1.29 is 14.3 Å². The van der Waals surface area contributed by atoms with Crippen LogP contribution in [0.2, 0.25) is 0 Å². The van der Waals surface area contributed by atoms with Crippen LogP contribution in [0.4, 0.5) is 0 Å². The summed E-state index contributed by atoms with van der Waals surface area (Å²) in [6.45, 7) is 4.53. The predicted molar refractivity (Wildman–Crippen MR) is 58.7 cm³/mol. The third kappa shape index (κ3) is 6.34. The van der Waals surface area contributed by atoms with Crippen molar-refractivity contribution in [2.75, 3.05) is 45.4 Å². The Kier molecular flexibility index (Phi) is 9.34. The van der Waals surface area contributed by atoms with E-state index in [9.17, 15) is 4.79 Å². The van der Waals surface area contributed by atoms with E-state index >= 15 is 0 Å². The topological polar surface area (TPSA) is 38.8 Å². The normalized spacial score (nSPS) is 10.2. The summed E-state index contributed by atoms with van der Waals surface area (Å²) in [4.78, 5) is 13.2. The van der Waals surface area contributed by atoms with Gasteiger partial charge in [-0.3, -0.25) is 4.79 Å². The minimum Gasteiger partial charge on any atom is -0.382 e. The molecule has 84 valence electrons. The smallest absolute Gasteiger partial charge is 0.248 e. The molecule has 0 unspecified atom stereocenters. The largest absolute Gasteiger partial charge is 0.382 e. The zero-order valence-corrected chi connectivity index (χ0v) is 10.4. The third-order valence-corrected chi connectivity index (χ3v) is 2.10. The van der Waals surface area contributed by atoms with Crippen molar-refractivity contribution in [1.29, 1.82) is 0 Å². The fourth-order valence-electron chi connectivity index (χ4n) is 0.954. The second-order valence-electron chi connectivity index (χ2n) is 2.71. The minimum atomic E-state index is 0.0306. The summed E-state index contributed by atoms with van der Waals surface area (Å²) in [5, 5.41) is 0.796. The average molecular weight is 268 g/mol. The van der Waals surface area contributed by atoms with E-state index in [0.717, 1.165) is 18.4 Å². The Hall–Kier alpha value is -0.130. The van der Waals surface area contributed by atoms with E-state index in [1.54, 1.807) is 12.0 Å². The Bertz CT molecular complexity index is 155. The highest BCUT2D eigenvalue weighted by molar-refractivity contribution is 9.09. The van der Waals surface area contributed by atoms with Crippen molar-refractivity contribution in [1.82, 2.24) is 4.90 Å². The number of alkyl halides is 1. The summed E-state index contributed by atoms with van der Waals surface area (Å²) < 4.78 is 9.93. The average Bonchev–Trinajstić information content (AvgIpc) is 2.20. The van der Waals surface area contributed by atoms with Crippen LogP contribution in [0, 0.1) is 0 Å². The maximum Gasteiger partial charge on any atom is 0.248 e. The zero-order valence-electron chi connectivity index (χ0n) is 8.79. The number of rotatable bonds is 8. The number of hydrogen-bond acceptors (Lipinski definition) is 3. The molecular formula is C9H18BrNO3. The van der Waals surface area contributed by atoms with Crippen molar-refractivity contribution in [3.05, 3.63) is 0 Å². The summed E-state index contributed by atoms with van der Waals surface area (Å²) in [5.41, 5.74) is 0. The van der Waals surface area contributed by atoms with E-state index in [1.165, 1.54) is 0 Å².